The molecular weight excluding hydrogens is 429 g/mol. The van der Waals surface area contributed by atoms with Crippen molar-refractivity contribution in [2.75, 3.05) is 26.3 Å². The zero-order valence-corrected chi connectivity index (χ0v) is 17.9. The molecular formula is C21H19Cl2N3O2S. The van der Waals surface area contributed by atoms with Gasteiger partial charge in [-0.15, -0.1) is 0 Å². The summed E-state index contributed by atoms with van der Waals surface area (Å²) in [6.45, 7) is 2.19. The molecule has 0 radical (unpaired) electrons. The van der Waals surface area contributed by atoms with Gasteiger partial charge in [-0.1, -0.05) is 35.3 Å². The van der Waals surface area contributed by atoms with Crippen molar-refractivity contribution in [3.8, 4) is 16.8 Å². The van der Waals surface area contributed by atoms with Crippen LogP contribution in [0.4, 0.5) is 0 Å². The molecule has 0 saturated carbocycles. The van der Waals surface area contributed by atoms with E-state index in [1.807, 2.05) is 42.6 Å². The van der Waals surface area contributed by atoms with E-state index in [0.717, 1.165) is 16.8 Å². The zero-order valence-electron chi connectivity index (χ0n) is 15.5. The molecule has 1 fully saturated rings. The number of rotatable bonds is 4. The lowest BCUT2D eigenvalue weighted by Crippen LogP contribution is -2.42. The molecule has 0 N–H and O–H groups in total. The molecule has 1 aliphatic heterocycles. The number of amides is 1. The van der Waals surface area contributed by atoms with Crippen LogP contribution in [0.3, 0.4) is 0 Å². The molecule has 4 rings (SSSR count). The standard InChI is InChI=1S/C21H19Cl2N3O2S/c22-15-3-1-14(2-4-15)18-13-26(17-7-5-16(23)6-8-17)24-19(18)20(29)21(27)25-9-11-28-12-10-25/h1-8,13,20,29H,9-12H2. The van der Waals surface area contributed by atoms with Crippen LogP contribution in [-0.4, -0.2) is 46.9 Å². The van der Waals surface area contributed by atoms with Gasteiger partial charge in [-0.3, -0.25) is 4.79 Å². The highest BCUT2D eigenvalue weighted by Gasteiger charge is 2.29. The number of morpholine rings is 1. The zero-order chi connectivity index (χ0) is 20.4. The predicted octanol–water partition coefficient (Wildman–Crippen LogP) is 4.68. The monoisotopic (exact) mass is 447 g/mol. The number of hydrogen-bond donors (Lipinski definition) is 1. The number of ether oxygens (including phenoxy) is 1. The normalized spacial score (nSPS) is 15.3. The second kappa shape index (κ2) is 8.79. The summed E-state index contributed by atoms with van der Waals surface area (Å²) in [7, 11) is 0. The molecule has 150 valence electrons. The van der Waals surface area contributed by atoms with Crippen LogP contribution in [0.1, 0.15) is 10.9 Å². The second-order valence-electron chi connectivity index (χ2n) is 6.70. The minimum Gasteiger partial charge on any atom is -0.378 e. The number of thiol groups is 1. The highest BCUT2D eigenvalue weighted by molar-refractivity contribution is 7.81. The summed E-state index contributed by atoms with van der Waals surface area (Å²) in [5.74, 6) is -0.0757. The molecule has 1 aromatic heterocycles. The molecule has 3 aromatic rings. The molecule has 2 aromatic carbocycles. The molecule has 0 aliphatic carbocycles. The van der Waals surface area contributed by atoms with Crippen LogP contribution in [0.2, 0.25) is 10.0 Å². The number of nitrogens with zero attached hydrogens (tertiary/aromatic N) is 3. The number of benzene rings is 2. The van der Waals surface area contributed by atoms with Crippen LogP contribution in [0.5, 0.6) is 0 Å². The Bertz CT molecular complexity index is 1000. The molecule has 0 bridgehead atoms. The highest BCUT2D eigenvalue weighted by Crippen LogP contribution is 2.33. The van der Waals surface area contributed by atoms with E-state index in [9.17, 15) is 4.79 Å². The van der Waals surface area contributed by atoms with Gasteiger partial charge in [0.1, 0.15) is 5.25 Å². The molecule has 1 unspecified atom stereocenters. The van der Waals surface area contributed by atoms with Gasteiger partial charge in [0.15, 0.2) is 0 Å². The van der Waals surface area contributed by atoms with Gasteiger partial charge in [0.2, 0.25) is 5.91 Å². The third-order valence-electron chi connectivity index (χ3n) is 4.80. The van der Waals surface area contributed by atoms with E-state index in [0.29, 0.717) is 42.0 Å². The van der Waals surface area contributed by atoms with E-state index >= 15 is 0 Å². The van der Waals surface area contributed by atoms with Gasteiger partial charge in [0.05, 0.1) is 24.6 Å². The molecule has 1 amide bonds. The predicted molar refractivity (Wildman–Crippen MR) is 118 cm³/mol. The summed E-state index contributed by atoms with van der Waals surface area (Å²) >= 11 is 16.7. The second-order valence-corrected chi connectivity index (χ2v) is 8.09. The summed E-state index contributed by atoms with van der Waals surface area (Å²) in [5, 5.41) is 5.31. The van der Waals surface area contributed by atoms with Crippen LogP contribution in [0.25, 0.3) is 16.8 Å². The Kier molecular flexibility index (Phi) is 6.15. The first-order chi connectivity index (χ1) is 14.0. The number of carbonyl (C=O) groups excluding carboxylic acids is 1. The minimum atomic E-state index is -0.688. The molecule has 2 heterocycles. The van der Waals surface area contributed by atoms with E-state index < -0.39 is 5.25 Å². The largest absolute Gasteiger partial charge is 0.378 e. The van der Waals surface area contributed by atoms with Gasteiger partial charge in [0, 0.05) is 34.9 Å². The highest BCUT2D eigenvalue weighted by atomic mass is 35.5. The third kappa shape index (κ3) is 4.46. The average Bonchev–Trinajstić information content (AvgIpc) is 3.19. The lowest BCUT2D eigenvalue weighted by Gasteiger charge is -2.28. The summed E-state index contributed by atoms with van der Waals surface area (Å²) in [6.07, 6.45) is 1.90. The van der Waals surface area contributed by atoms with Crippen molar-refractivity contribution in [3.63, 3.8) is 0 Å². The van der Waals surface area contributed by atoms with Gasteiger partial charge >= 0.3 is 0 Å². The average molecular weight is 448 g/mol. The molecule has 0 spiro atoms. The first-order valence-electron chi connectivity index (χ1n) is 9.19. The third-order valence-corrected chi connectivity index (χ3v) is 5.77. The quantitative estimate of drug-likeness (QED) is 0.590. The first kappa shape index (κ1) is 20.3. The Morgan fingerprint density at radius 3 is 2.21 bits per heavy atom. The van der Waals surface area contributed by atoms with E-state index in [1.54, 1.807) is 21.7 Å². The summed E-state index contributed by atoms with van der Waals surface area (Å²) in [6, 6.07) is 14.8. The molecule has 29 heavy (non-hydrogen) atoms. The van der Waals surface area contributed by atoms with Crippen molar-refractivity contribution in [2.24, 2.45) is 0 Å². The molecule has 1 aliphatic rings. The van der Waals surface area contributed by atoms with Crippen molar-refractivity contribution in [3.05, 3.63) is 70.5 Å². The van der Waals surface area contributed by atoms with Crippen LogP contribution in [0.15, 0.2) is 54.7 Å². The van der Waals surface area contributed by atoms with Crippen molar-refractivity contribution in [1.82, 2.24) is 14.7 Å². The van der Waals surface area contributed by atoms with Crippen LogP contribution in [-0.2, 0) is 9.53 Å². The molecule has 8 heteroatoms. The van der Waals surface area contributed by atoms with Gasteiger partial charge in [0.25, 0.3) is 0 Å². The van der Waals surface area contributed by atoms with Crippen LogP contribution in [0, 0.1) is 0 Å². The Morgan fingerprint density at radius 2 is 1.59 bits per heavy atom. The Labute approximate surface area is 184 Å². The Morgan fingerprint density at radius 1 is 1.00 bits per heavy atom. The van der Waals surface area contributed by atoms with E-state index in [-0.39, 0.29) is 5.91 Å². The smallest absolute Gasteiger partial charge is 0.241 e. The topological polar surface area (TPSA) is 47.4 Å². The molecule has 1 saturated heterocycles. The van der Waals surface area contributed by atoms with Crippen molar-refractivity contribution in [2.45, 2.75) is 5.25 Å². The van der Waals surface area contributed by atoms with Gasteiger partial charge in [-0.25, -0.2) is 4.68 Å². The Balaban J connectivity index is 1.74. The first-order valence-corrected chi connectivity index (χ1v) is 10.5. The fraction of sp³-hybridized carbons (Fsp3) is 0.238. The van der Waals surface area contributed by atoms with E-state index in [1.165, 1.54) is 0 Å². The van der Waals surface area contributed by atoms with E-state index in [4.69, 9.17) is 33.0 Å². The molecule has 5 nitrogen and oxygen atoms in total. The minimum absolute atomic E-state index is 0.0757. The summed E-state index contributed by atoms with van der Waals surface area (Å²) in [4.78, 5) is 14.8. The number of aromatic nitrogens is 2. The van der Waals surface area contributed by atoms with Gasteiger partial charge in [-0.05, 0) is 42.0 Å². The lowest BCUT2D eigenvalue weighted by molar-refractivity contribution is -0.134. The summed E-state index contributed by atoms with van der Waals surface area (Å²) < 4.78 is 7.09. The SMILES string of the molecule is O=C(C(S)c1nn(-c2ccc(Cl)cc2)cc1-c1ccc(Cl)cc1)N1CCOCC1. The number of halogens is 2. The fourth-order valence-corrected chi connectivity index (χ4v) is 3.85. The van der Waals surface area contributed by atoms with Crippen molar-refractivity contribution in [1.29, 1.82) is 0 Å². The Hall–Kier alpha value is -1.99. The maximum Gasteiger partial charge on any atom is 0.241 e. The van der Waals surface area contributed by atoms with Gasteiger partial charge in [-0.2, -0.15) is 17.7 Å². The summed E-state index contributed by atoms with van der Waals surface area (Å²) in [5.41, 5.74) is 3.19. The van der Waals surface area contributed by atoms with Gasteiger partial charge < -0.3 is 9.64 Å². The number of carbonyl (C=O) groups is 1. The fourth-order valence-electron chi connectivity index (χ4n) is 3.24. The molecule has 1 atom stereocenters. The van der Waals surface area contributed by atoms with Crippen LogP contribution >= 0.6 is 35.8 Å². The lowest BCUT2D eigenvalue weighted by atomic mass is 10.0. The number of hydrogen-bond acceptors (Lipinski definition) is 4. The van der Waals surface area contributed by atoms with Crippen molar-refractivity contribution >= 4 is 41.7 Å². The maximum atomic E-state index is 13.0. The maximum absolute atomic E-state index is 13.0. The van der Waals surface area contributed by atoms with E-state index in [2.05, 4.69) is 12.6 Å². The van der Waals surface area contributed by atoms with Crippen LogP contribution < -0.4 is 0 Å². The van der Waals surface area contributed by atoms with Crippen molar-refractivity contribution < 1.29 is 9.53 Å².